The first-order valence-corrected chi connectivity index (χ1v) is 11.4. The highest BCUT2D eigenvalue weighted by molar-refractivity contribution is 7.89. The summed E-state index contributed by atoms with van der Waals surface area (Å²) in [4.78, 5) is 6.44. The number of phenolic OH excluding ortho intramolecular Hbond substituents is 1. The van der Waals surface area contributed by atoms with E-state index >= 15 is 0 Å². The first-order valence-electron chi connectivity index (χ1n) is 9.22. The fourth-order valence-corrected chi connectivity index (χ4v) is 6.14. The van der Waals surface area contributed by atoms with Gasteiger partial charge < -0.3 is 10.0 Å². The van der Waals surface area contributed by atoms with Crippen LogP contribution in [0.25, 0.3) is 21.0 Å². The lowest BCUT2D eigenvalue weighted by molar-refractivity contribution is 0.385. The zero-order valence-corrected chi connectivity index (χ0v) is 17.0. The Hall–Kier alpha value is -2.75. The zero-order valence-electron chi connectivity index (χ0n) is 15.4. The molecule has 1 N–H and O–H groups in total. The Labute approximate surface area is 172 Å². The third kappa shape index (κ3) is 3.02. The number of pyridine rings is 1. The number of phenols is 1. The Morgan fingerprint density at radius 1 is 0.931 bits per heavy atom. The van der Waals surface area contributed by atoms with Crippen molar-refractivity contribution in [2.45, 2.75) is 4.90 Å². The van der Waals surface area contributed by atoms with Crippen molar-refractivity contribution in [3.8, 4) is 5.75 Å². The van der Waals surface area contributed by atoms with Gasteiger partial charge in [-0.2, -0.15) is 8.68 Å². The number of nitrogens with zero attached hydrogens (tertiary/aromatic N) is 4. The SMILES string of the molecule is O=S(=O)(c1ccc(O)c2ncccc12)N1CCN(c2nsc3ccccc23)CC1. The molecule has 0 aliphatic carbocycles. The molecule has 29 heavy (non-hydrogen) atoms. The van der Waals surface area contributed by atoms with Gasteiger partial charge in [-0.3, -0.25) is 4.98 Å². The smallest absolute Gasteiger partial charge is 0.243 e. The van der Waals surface area contributed by atoms with E-state index in [-0.39, 0.29) is 10.6 Å². The van der Waals surface area contributed by atoms with Crippen LogP contribution in [0.2, 0.25) is 0 Å². The minimum atomic E-state index is -3.70. The number of benzene rings is 2. The van der Waals surface area contributed by atoms with Gasteiger partial charge in [0, 0.05) is 43.1 Å². The van der Waals surface area contributed by atoms with Crippen LogP contribution in [0.5, 0.6) is 5.75 Å². The Balaban J connectivity index is 1.43. The van der Waals surface area contributed by atoms with E-state index in [4.69, 9.17) is 0 Å². The van der Waals surface area contributed by atoms with Gasteiger partial charge in [0.25, 0.3) is 0 Å². The highest BCUT2D eigenvalue weighted by Crippen LogP contribution is 2.33. The third-order valence-electron chi connectivity index (χ3n) is 5.22. The van der Waals surface area contributed by atoms with Gasteiger partial charge in [-0.1, -0.05) is 12.1 Å². The van der Waals surface area contributed by atoms with Crippen molar-refractivity contribution in [2.75, 3.05) is 31.1 Å². The number of anilines is 1. The average Bonchev–Trinajstić information content (AvgIpc) is 3.18. The fraction of sp³-hybridized carbons (Fsp3) is 0.200. The Bertz CT molecular complexity index is 1310. The van der Waals surface area contributed by atoms with Crippen LogP contribution in [0.3, 0.4) is 0 Å². The van der Waals surface area contributed by atoms with Gasteiger partial charge in [-0.05, 0) is 47.9 Å². The molecule has 1 aliphatic rings. The number of aromatic nitrogens is 2. The van der Waals surface area contributed by atoms with Crippen molar-refractivity contribution < 1.29 is 13.5 Å². The van der Waals surface area contributed by atoms with Gasteiger partial charge in [0.05, 0.1) is 9.60 Å². The number of piperazine rings is 1. The van der Waals surface area contributed by atoms with E-state index in [9.17, 15) is 13.5 Å². The molecular formula is C20H18N4O3S2. The molecule has 9 heteroatoms. The van der Waals surface area contributed by atoms with Crippen LogP contribution < -0.4 is 4.90 Å². The molecule has 0 atom stereocenters. The largest absolute Gasteiger partial charge is 0.506 e. The van der Waals surface area contributed by atoms with E-state index in [1.54, 1.807) is 12.1 Å². The third-order valence-corrected chi connectivity index (χ3v) is 8.00. The quantitative estimate of drug-likeness (QED) is 0.542. The monoisotopic (exact) mass is 426 g/mol. The van der Waals surface area contributed by atoms with Gasteiger partial charge in [-0.15, -0.1) is 0 Å². The average molecular weight is 427 g/mol. The molecule has 0 amide bonds. The summed E-state index contributed by atoms with van der Waals surface area (Å²) in [6, 6.07) is 14.3. The molecule has 3 heterocycles. The molecule has 5 rings (SSSR count). The maximum atomic E-state index is 13.3. The summed E-state index contributed by atoms with van der Waals surface area (Å²) in [5.74, 6) is 0.890. The van der Waals surface area contributed by atoms with E-state index in [0.717, 1.165) is 15.9 Å². The molecule has 1 aliphatic heterocycles. The number of rotatable bonds is 3. The molecular weight excluding hydrogens is 408 g/mol. The summed E-state index contributed by atoms with van der Waals surface area (Å²) in [6.07, 6.45) is 1.54. The van der Waals surface area contributed by atoms with Crippen molar-refractivity contribution in [2.24, 2.45) is 0 Å². The molecule has 148 valence electrons. The Morgan fingerprint density at radius 2 is 1.69 bits per heavy atom. The van der Waals surface area contributed by atoms with Gasteiger partial charge in [0.1, 0.15) is 17.1 Å². The molecule has 1 saturated heterocycles. The number of hydrogen-bond donors (Lipinski definition) is 1. The van der Waals surface area contributed by atoms with E-state index in [1.165, 1.54) is 34.2 Å². The second-order valence-corrected chi connectivity index (χ2v) is 9.59. The number of sulfonamides is 1. The lowest BCUT2D eigenvalue weighted by Crippen LogP contribution is -2.48. The number of aromatic hydroxyl groups is 1. The maximum absolute atomic E-state index is 13.3. The van der Waals surface area contributed by atoms with Crippen LogP contribution in [0, 0.1) is 0 Å². The highest BCUT2D eigenvalue weighted by Gasteiger charge is 2.31. The minimum Gasteiger partial charge on any atom is -0.506 e. The van der Waals surface area contributed by atoms with Crippen LogP contribution >= 0.6 is 11.5 Å². The summed E-state index contributed by atoms with van der Waals surface area (Å²) in [6.45, 7) is 1.89. The minimum absolute atomic E-state index is 0.0280. The highest BCUT2D eigenvalue weighted by atomic mass is 32.2. The summed E-state index contributed by atoms with van der Waals surface area (Å²) in [7, 11) is -3.70. The molecule has 7 nitrogen and oxygen atoms in total. The molecule has 0 spiro atoms. The van der Waals surface area contributed by atoms with E-state index in [0.29, 0.717) is 37.1 Å². The normalized spacial score (nSPS) is 15.9. The summed E-state index contributed by atoms with van der Waals surface area (Å²) in [5, 5.41) is 11.5. The lowest BCUT2D eigenvalue weighted by atomic mass is 10.2. The van der Waals surface area contributed by atoms with Crippen LogP contribution in [0.1, 0.15) is 0 Å². The molecule has 0 unspecified atom stereocenters. The second-order valence-electron chi connectivity index (χ2n) is 6.88. The predicted molar refractivity (Wildman–Crippen MR) is 114 cm³/mol. The lowest BCUT2D eigenvalue weighted by Gasteiger charge is -2.34. The fourth-order valence-electron chi connectivity index (χ4n) is 3.74. The van der Waals surface area contributed by atoms with E-state index in [1.807, 2.05) is 24.3 Å². The van der Waals surface area contributed by atoms with Crippen molar-refractivity contribution in [1.29, 1.82) is 0 Å². The molecule has 2 aromatic heterocycles. The van der Waals surface area contributed by atoms with Crippen molar-refractivity contribution in [3.05, 3.63) is 54.7 Å². The number of fused-ring (bicyclic) bond motifs is 2. The molecule has 0 bridgehead atoms. The second kappa shape index (κ2) is 6.94. The molecule has 0 radical (unpaired) electrons. The van der Waals surface area contributed by atoms with Crippen molar-refractivity contribution in [1.82, 2.24) is 13.7 Å². The van der Waals surface area contributed by atoms with Crippen LogP contribution in [-0.2, 0) is 10.0 Å². The maximum Gasteiger partial charge on any atom is 0.243 e. The Kier molecular flexibility index (Phi) is 4.38. The van der Waals surface area contributed by atoms with Gasteiger partial charge in [-0.25, -0.2) is 8.42 Å². The van der Waals surface area contributed by atoms with Crippen molar-refractivity contribution >= 4 is 48.4 Å². The van der Waals surface area contributed by atoms with E-state index in [2.05, 4.69) is 14.3 Å². The first-order chi connectivity index (χ1) is 14.1. The van der Waals surface area contributed by atoms with Gasteiger partial charge in [0.15, 0.2) is 0 Å². The molecule has 0 saturated carbocycles. The van der Waals surface area contributed by atoms with Crippen LogP contribution in [-0.4, -0.2) is 53.4 Å². The topological polar surface area (TPSA) is 86.6 Å². The standard InChI is InChI=1S/C20H18N4O3S2/c25-16-7-8-18(15-5-3-9-21-19(15)16)29(26,27)24-12-10-23(11-13-24)20-14-4-1-2-6-17(14)28-22-20/h1-9,25H,10-13H2. The molecule has 1 fully saturated rings. The Morgan fingerprint density at radius 3 is 2.52 bits per heavy atom. The summed E-state index contributed by atoms with van der Waals surface area (Å²) >= 11 is 1.46. The zero-order chi connectivity index (χ0) is 20.0. The summed E-state index contributed by atoms with van der Waals surface area (Å²) < 4.78 is 33.8. The first kappa shape index (κ1) is 18.3. The van der Waals surface area contributed by atoms with Crippen molar-refractivity contribution in [3.63, 3.8) is 0 Å². The molecule has 4 aromatic rings. The van der Waals surface area contributed by atoms with Crippen LogP contribution in [0.15, 0.2) is 59.6 Å². The predicted octanol–water partition coefficient (Wildman–Crippen LogP) is 3.06. The molecule has 2 aromatic carbocycles. The van der Waals surface area contributed by atoms with Gasteiger partial charge >= 0.3 is 0 Å². The number of hydrogen-bond acceptors (Lipinski definition) is 7. The van der Waals surface area contributed by atoms with E-state index < -0.39 is 10.0 Å². The van der Waals surface area contributed by atoms with Crippen LogP contribution in [0.4, 0.5) is 5.82 Å². The van der Waals surface area contributed by atoms with Gasteiger partial charge in [0.2, 0.25) is 10.0 Å². The summed E-state index contributed by atoms with van der Waals surface area (Å²) in [5.41, 5.74) is 0.293.